The molecule has 0 spiro atoms. The number of para-hydroxylation sites is 4. The Balaban J connectivity index is 2.18. The Hall–Kier alpha value is -2.24. The van der Waals surface area contributed by atoms with Gasteiger partial charge in [-0.05, 0) is 24.3 Å². The van der Waals surface area contributed by atoms with Gasteiger partial charge in [0.25, 0.3) is 0 Å². The topological polar surface area (TPSA) is 46.2 Å². The predicted octanol–water partition coefficient (Wildman–Crippen LogP) is 3.44. The van der Waals surface area contributed by atoms with Gasteiger partial charge in [0.15, 0.2) is 36.6 Å². The Morgan fingerprint density at radius 1 is 0.619 bits per heavy atom. The lowest BCUT2D eigenvalue weighted by atomic mass is 10.3. The highest BCUT2D eigenvalue weighted by Gasteiger charge is 2.09. The fourth-order valence-electron chi connectivity index (χ4n) is 1.67. The van der Waals surface area contributed by atoms with Crippen LogP contribution in [0.5, 0.6) is 23.0 Å². The summed E-state index contributed by atoms with van der Waals surface area (Å²) in [6, 6.07) is 14.7. The summed E-state index contributed by atoms with van der Waals surface area (Å²) in [7, 11) is 3.13. The Kier molecular flexibility index (Phi) is 5.87. The van der Waals surface area contributed by atoms with Crippen LogP contribution in [-0.4, -0.2) is 27.8 Å². The second-order valence-electron chi connectivity index (χ2n) is 4.10. The van der Waals surface area contributed by atoms with Crippen LogP contribution in [0.15, 0.2) is 48.5 Å². The van der Waals surface area contributed by atoms with E-state index in [2.05, 4.69) is 0 Å². The van der Waals surface area contributed by atoms with Crippen molar-refractivity contribution in [2.45, 2.75) is 0 Å². The minimum atomic E-state index is 0.155. The van der Waals surface area contributed by atoms with Crippen LogP contribution in [-0.2, 0) is 9.47 Å². The Morgan fingerprint density at radius 3 is 1.38 bits per heavy atom. The van der Waals surface area contributed by atoms with Crippen LogP contribution in [0.25, 0.3) is 0 Å². The first kappa shape index (κ1) is 15.2. The molecular weight excluding hydrogens is 272 g/mol. The van der Waals surface area contributed by atoms with Crippen molar-refractivity contribution in [1.29, 1.82) is 0 Å². The van der Waals surface area contributed by atoms with Crippen molar-refractivity contribution in [3.05, 3.63) is 48.5 Å². The Bertz CT molecular complexity index is 506. The molecule has 0 bridgehead atoms. The number of benzene rings is 2. The number of hydrogen-bond acceptors (Lipinski definition) is 5. The number of ether oxygens (including phenoxy) is 5. The average Bonchev–Trinajstić information content (AvgIpc) is 2.53. The third kappa shape index (κ3) is 4.37. The van der Waals surface area contributed by atoms with E-state index in [1.165, 1.54) is 0 Å². The predicted molar refractivity (Wildman–Crippen MR) is 78.0 cm³/mol. The minimum absolute atomic E-state index is 0.155. The summed E-state index contributed by atoms with van der Waals surface area (Å²) >= 11 is 0. The van der Waals surface area contributed by atoms with E-state index >= 15 is 0 Å². The summed E-state index contributed by atoms with van der Waals surface area (Å²) in [5, 5.41) is 0. The first-order valence-corrected chi connectivity index (χ1v) is 6.44. The van der Waals surface area contributed by atoms with Crippen LogP contribution in [0.2, 0.25) is 0 Å². The molecule has 112 valence electrons. The van der Waals surface area contributed by atoms with Gasteiger partial charge in [-0.15, -0.1) is 0 Å². The summed E-state index contributed by atoms with van der Waals surface area (Å²) in [6.45, 7) is 0.310. The van der Waals surface area contributed by atoms with E-state index in [0.717, 1.165) is 0 Å². The molecule has 0 aliphatic heterocycles. The molecule has 2 aromatic carbocycles. The van der Waals surface area contributed by atoms with Crippen molar-refractivity contribution in [3.8, 4) is 23.0 Å². The highest BCUT2D eigenvalue weighted by molar-refractivity contribution is 5.47. The van der Waals surface area contributed by atoms with Crippen LogP contribution in [0.3, 0.4) is 0 Å². The van der Waals surface area contributed by atoms with Gasteiger partial charge in [0.1, 0.15) is 0 Å². The van der Waals surface area contributed by atoms with Gasteiger partial charge in [-0.2, -0.15) is 0 Å². The molecule has 0 amide bonds. The Labute approximate surface area is 124 Å². The Morgan fingerprint density at radius 2 is 1.00 bits per heavy atom. The van der Waals surface area contributed by atoms with Gasteiger partial charge >= 0.3 is 0 Å². The molecular formula is C16H18O5. The molecule has 0 saturated carbocycles. The summed E-state index contributed by atoms with van der Waals surface area (Å²) in [4.78, 5) is 0. The van der Waals surface area contributed by atoms with Crippen molar-refractivity contribution >= 4 is 0 Å². The molecule has 0 fully saturated rings. The molecule has 2 aromatic rings. The highest BCUT2D eigenvalue weighted by Crippen LogP contribution is 2.36. The van der Waals surface area contributed by atoms with E-state index in [9.17, 15) is 0 Å². The molecule has 0 aromatic heterocycles. The van der Waals surface area contributed by atoms with Crippen LogP contribution in [0.1, 0.15) is 0 Å². The molecule has 0 N–H and O–H groups in total. The van der Waals surface area contributed by atoms with Crippen molar-refractivity contribution in [2.24, 2.45) is 0 Å². The standard InChI is InChI=1S/C16H18O5/c1-17-11-19-13-7-3-5-9-15(13)21-16-10-6-4-8-14(16)20-12-18-2/h3-10H,11-12H2,1-2H3. The number of methoxy groups -OCH3 is 2. The van der Waals surface area contributed by atoms with Crippen molar-refractivity contribution < 1.29 is 23.7 Å². The molecule has 5 nitrogen and oxygen atoms in total. The molecule has 2 rings (SSSR count). The number of hydrogen-bond donors (Lipinski definition) is 0. The molecule has 0 heterocycles. The second-order valence-corrected chi connectivity index (χ2v) is 4.10. The maximum Gasteiger partial charge on any atom is 0.188 e. The summed E-state index contributed by atoms with van der Waals surface area (Å²) in [5.74, 6) is 2.37. The number of rotatable bonds is 8. The molecule has 5 heteroatoms. The van der Waals surface area contributed by atoms with Gasteiger partial charge in [0.2, 0.25) is 0 Å². The van der Waals surface area contributed by atoms with Gasteiger partial charge < -0.3 is 23.7 Å². The van der Waals surface area contributed by atoms with Gasteiger partial charge in [0.05, 0.1) is 0 Å². The normalized spacial score (nSPS) is 10.2. The third-order valence-corrected chi connectivity index (χ3v) is 2.58. The van der Waals surface area contributed by atoms with Crippen LogP contribution >= 0.6 is 0 Å². The first-order valence-electron chi connectivity index (χ1n) is 6.44. The lowest BCUT2D eigenvalue weighted by Crippen LogP contribution is -2.02. The molecule has 0 unspecified atom stereocenters. The fourth-order valence-corrected chi connectivity index (χ4v) is 1.67. The molecule has 0 saturated heterocycles. The monoisotopic (exact) mass is 290 g/mol. The molecule has 0 aliphatic carbocycles. The van der Waals surface area contributed by atoms with Crippen LogP contribution in [0.4, 0.5) is 0 Å². The zero-order chi connectivity index (χ0) is 14.9. The van der Waals surface area contributed by atoms with E-state index in [4.69, 9.17) is 23.7 Å². The van der Waals surface area contributed by atoms with E-state index in [1.807, 2.05) is 48.5 Å². The quantitative estimate of drug-likeness (QED) is 0.697. The average molecular weight is 290 g/mol. The maximum absolute atomic E-state index is 5.87. The third-order valence-electron chi connectivity index (χ3n) is 2.58. The zero-order valence-corrected chi connectivity index (χ0v) is 12.1. The van der Waals surface area contributed by atoms with E-state index < -0.39 is 0 Å². The fraction of sp³-hybridized carbons (Fsp3) is 0.250. The molecule has 21 heavy (non-hydrogen) atoms. The largest absolute Gasteiger partial charge is 0.464 e. The first-order chi connectivity index (χ1) is 10.3. The van der Waals surface area contributed by atoms with Gasteiger partial charge in [-0.25, -0.2) is 0 Å². The SMILES string of the molecule is COCOc1ccccc1Oc1ccccc1OCOC. The van der Waals surface area contributed by atoms with Crippen molar-refractivity contribution in [3.63, 3.8) is 0 Å². The van der Waals surface area contributed by atoms with Gasteiger partial charge in [-0.1, -0.05) is 24.3 Å². The zero-order valence-electron chi connectivity index (χ0n) is 12.1. The second kappa shape index (κ2) is 8.14. The van der Waals surface area contributed by atoms with Crippen LogP contribution in [0, 0.1) is 0 Å². The van der Waals surface area contributed by atoms with Gasteiger partial charge in [-0.3, -0.25) is 0 Å². The van der Waals surface area contributed by atoms with Crippen LogP contribution < -0.4 is 14.2 Å². The van der Waals surface area contributed by atoms with E-state index in [0.29, 0.717) is 23.0 Å². The highest BCUT2D eigenvalue weighted by atomic mass is 16.7. The molecule has 0 radical (unpaired) electrons. The summed E-state index contributed by atoms with van der Waals surface area (Å²) < 4.78 is 26.6. The van der Waals surface area contributed by atoms with Gasteiger partial charge in [0, 0.05) is 14.2 Å². The minimum Gasteiger partial charge on any atom is -0.464 e. The smallest absolute Gasteiger partial charge is 0.188 e. The lowest BCUT2D eigenvalue weighted by molar-refractivity contribution is 0.0473. The van der Waals surface area contributed by atoms with E-state index in [1.54, 1.807) is 14.2 Å². The molecule has 0 aliphatic rings. The summed E-state index contributed by atoms with van der Waals surface area (Å²) in [5.41, 5.74) is 0. The summed E-state index contributed by atoms with van der Waals surface area (Å²) in [6.07, 6.45) is 0. The lowest BCUT2D eigenvalue weighted by Gasteiger charge is -2.14. The molecule has 0 atom stereocenters. The van der Waals surface area contributed by atoms with E-state index in [-0.39, 0.29) is 13.6 Å². The van der Waals surface area contributed by atoms with Crippen molar-refractivity contribution in [1.82, 2.24) is 0 Å². The van der Waals surface area contributed by atoms with Crippen molar-refractivity contribution in [2.75, 3.05) is 27.8 Å². The maximum atomic E-state index is 5.87.